The van der Waals surface area contributed by atoms with E-state index in [-0.39, 0.29) is 34.3 Å². The molecular weight excluding hydrogens is 1220 g/mol. The van der Waals surface area contributed by atoms with Crippen LogP contribution in [0.15, 0.2) is 208 Å². The van der Waals surface area contributed by atoms with Gasteiger partial charge in [-0.2, -0.15) is 0 Å². The van der Waals surface area contributed by atoms with Gasteiger partial charge in [0.15, 0.2) is 0 Å². The van der Waals surface area contributed by atoms with Crippen LogP contribution in [0, 0.1) is 5.82 Å². The molecule has 13 rings (SSSR count). The Kier molecular flexibility index (Phi) is 22.6. The number of hydrogen-bond donors (Lipinski definition) is 2. The molecule has 0 aliphatic heterocycles. The maximum Gasteiger partial charge on any atom is 0.319 e. The van der Waals surface area contributed by atoms with Crippen molar-refractivity contribution in [2.24, 2.45) is 5.73 Å². The fourth-order valence-electron chi connectivity index (χ4n) is 11.2. The van der Waals surface area contributed by atoms with Crippen LogP contribution in [0.25, 0.3) is 44.5 Å². The molecule has 1 amide bonds. The van der Waals surface area contributed by atoms with Crippen molar-refractivity contribution in [3.05, 3.63) is 216 Å². The number of carboxylic acid groups (broad SMARTS) is 1. The maximum atomic E-state index is 13.9. The van der Waals surface area contributed by atoms with Crippen molar-refractivity contribution in [3.8, 4) is 44.5 Å². The lowest BCUT2D eigenvalue weighted by Gasteiger charge is -2.39. The molecule has 0 bridgehead atoms. The van der Waals surface area contributed by atoms with E-state index in [0.717, 1.165) is 97.9 Å². The Hall–Kier alpha value is -6.96. The van der Waals surface area contributed by atoms with E-state index >= 15 is 0 Å². The summed E-state index contributed by atoms with van der Waals surface area (Å²) in [5.41, 5.74) is 18.7. The van der Waals surface area contributed by atoms with Crippen LogP contribution in [0.5, 0.6) is 0 Å². The highest BCUT2D eigenvalue weighted by Crippen LogP contribution is 2.53. The summed E-state index contributed by atoms with van der Waals surface area (Å²) >= 11 is 6.35. The lowest BCUT2D eigenvalue weighted by atomic mass is 9.81. The number of amides is 1. The lowest BCUT2D eigenvalue weighted by Crippen LogP contribution is -2.40. The van der Waals surface area contributed by atoms with Crippen molar-refractivity contribution < 1.29 is 33.5 Å². The van der Waals surface area contributed by atoms with Gasteiger partial charge in [-0.05, 0) is 253 Å². The number of benzene rings is 8. The van der Waals surface area contributed by atoms with Crippen LogP contribution in [0.1, 0.15) is 178 Å². The largest absolute Gasteiger partial charge is 0.480 e. The molecule has 0 saturated heterocycles. The quantitative estimate of drug-likeness (QED) is 0.0711. The summed E-state index contributed by atoms with van der Waals surface area (Å²) in [5, 5.41) is 9.35. The second kappa shape index (κ2) is 30.0. The van der Waals surface area contributed by atoms with Crippen LogP contribution in [0.2, 0.25) is 0 Å². The molecule has 8 aromatic rings. The number of rotatable bonds is 20. The average Bonchev–Trinajstić information content (AvgIpc) is 1.62. The Morgan fingerprint density at radius 2 is 0.772 bits per heavy atom. The molecule has 5 saturated carbocycles. The number of halogens is 1. The van der Waals surface area contributed by atoms with E-state index < -0.39 is 21.4 Å². The van der Waals surface area contributed by atoms with Crippen molar-refractivity contribution in [3.63, 3.8) is 0 Å². The van der Waals surface area contributed by atoms with Gasteiger partial charge in [-0.25, -0.2) is 4.39 Å². The Balaban J connectivity index is 0.000000145. The van der Waals surface area contributed by atoms with Crippen LogP contribution >= 0.6 is 47.0 Å². The summed E-state index contributed by atoms with van der Waals surface area (Å²) in [7, 11) is 0. The molecule has 92 heavy (non-hydrogen) atoms. The first-order chi connectivity index (χ1) is 43.5. The Morgan fingerprint density at radius 3 is 1.10 bits per heavy atom. The smallest absolute Gasteiger partial charge is 0.319 e. The number of ketones is 3. The monoisotopic (exact) mass is 1300 g/mol. The standard InChI is InChI=1S/C21H21FOS.C21H22OS.C19H20O2S.C18H19NO2S.CH4/c1-14(23)21(11-2-12-21)24-20-10-9-18(22)13-19(20)17-7-5-16(6-8-17)15-3-4-15;1-15(22)21(13-4-14-21)23-20-6-3-2-5-19(20)18-11-9-17(10-12-18)16-7-8-16;1-19(2,18(20)21)22-17-6-4-3-5-16(17)15-11-9-14(10-12-15)13-7-8-13;1-12(20)18(2,3)22-16-7-5-4-6-15(16)13-8-10-14(11-9-13)17(19)21;/h5-10,13,15H,2-4,11-12H2,1H3;2-3,5-6,9-12,16H,4,7-8,13-14H2,1H3;3-6,9-13H,7-8H2,1-2H3,(H,20,21);4-11H,1-3H3,(H2,19,21);1H4. The fourth-order valence-corrected chi connectivity index (χ4v) is 16.4. The third-order valence-electron chi connectivity index (χ3n) is 18.2. The van der Waals surface area contributed by atoms with Crippen LogP contribution in [0.3, 0.4) is 0 Å². The summed E-state index contributed by atoms with van der Waals surface area (Å²) in [6, 6.07) is 62.9. The minimum Gasteiger partial charge on any atom is -0.480 e. The molecule has 5 aliphatic rings. The van der Waals surface area contributed by atoms with Gasteiger partial charge in [0.05, 0.1) is 14.2 Å². The van der Waals surface area contributed by atoms with Gasteiger partial charge in [0.2, 0.25) is 5.91 Å². The Morgan fingerprint density at radius 1 is 0.446 bits per heavy atom. The highest BCUT2D eigenvalue weighted by atomic mass is 32.2. The van der Waals surface area contributed by atoms with Gasteiger partial charge in [-0.3, -0.25) is 24.0 Å². The molecular formula is C80H86FNO6S4. The molecule has 5 aliphatic carbocycles. The topological polar surface area (TPSA) is 132 Å². The molecule has 0 radical (unpaired) electrons. The van der Waals surface area contributed by atoms with Gasteiger partial charge in [0.25, 0.3) is 0 Å². The Bertz CT molecular complexity index is 3920. The molecule has 0 unspecified atom stereocenters. The molecule has 0 atom stereocenters. The minimum atomic E-state index is -0.843. The number of carbonyl (C=O) groups excluding carboxylic acids is 4. The van der Waals surface area contributed by atoms with E-state index in [9.17, 15) is 33.5 Å². The van der Waals surface area contributed by atoms with Gasteiger partial charge in [0.1, 0.15) is 27.9 Å². The van der Waals surface area contributed by atoms with Crippen molar-refractivity contribution in [2.75, 3.05) is 0 Å². The van der Waals surface area contributed by atoms with E-state index in [0.29, 0.717) is 11.3 Å². The minimum absolute atomic E-state index is 0. The second-order valence-electron chi connectivity index (χ2n) is 25.9. The van der Waals surface area contributed by atoms with Gasteiger partial charge >= 0.3 is 5.97 Å². The summed E-state index contributed by atoms with van der Waals surface area (Å²) in [5.74, 6) is 1.50. The molecule has 3 N–H and O–H groups in total. The van der Waals surface area contributed by atoms with Crippen molar-refractivity contribution in [1.82, 2.24) is 0 Å². The SMILES string of the molecule is C.CC(=O)C(C)(C)Sc1ccccc1-c1ccc(C(N)=O)cc1.CC(=O)C1(Sc2ccc(F)cc2-c2ccc(C3CC3)cc2)CCC1.CC(=O)C1(Sc2ccccc2-c2ccc(C3CC3)cc2)CCC1.CC(C)(Sc1ccccc1-c1ccc(C2CC2)cc1)C(=O)O. The first-order valence-electron chi connectivity index (χ1n) is 31.8. The number of hydrogen-bond acceptors (Lipinski definition) is 9. The predicted molar refractivity (Wildman–Crippen MR) is 383 cm³/mol. The summed E-state index contributed by atoms with van der Waals surface area (Å²) in [4.78, 5) is 62.8. The number of carbonyl (C=O) groups is 5. The summed E-state index contributed by atoms with van der Waals surface area (Å²) < 4.78 is 12.1. The molecule has 0 spiro atoms. The van der Waals surface area contributed by atoms with E-state index in [1.54, 1.807) is 88.1 Å². The van der Waals surface area contributed by atoms with Gasteiger partial charge in [-0.1, -0.05) is 147 Å². The first kappa shape index (κ1) is 69.4. The molecule has 8 aromatic carbocycles. The zero-order valence-corrected chi connectivity index (χ0v) is 56.5. The van der Waals surface area contributed by atoms with Crippen molar-refractivity contribution >= 4 is 76.3 Å². The number of aliphatic carboxylic acids is 1. The van der Waals surface area contributed by atoms with Crippen LogP contribution in [-0.2, 0) is 19.2 Å². The van der Waals surface area contributed by atoms with Crippen molar-refractivity contribution in [2.45, 2.75) is 189 Å². The van der Waals surface area contributed by atoms with E-state index in [1.807, 2.05) is 74.5 Å². The third kappa shape index (κ3) is 17.2. The molecule has 478 valence electrons. The average molecular weight is 1300 g/mol. The zero-order chi connectivity index (χ0) is 64.7. The van der Waals surface area contributed by atoms with Gasteiger partial charge < -0.3 is 10.8 Å². The molecule has 7 nitrogen and oxygen atoms in total. The number of primary amides is 1. The lowest BCUT2D eigenvalue weighted by molar-refractivity contribution is -0.139. The molecule has 0 aromatic heterocycles. The second-order valence-corrected chi connectivity index (χ2v) is 32.0. The molecule has 12 heteroatoms. The van der Waals surface area contributed by atoms with Gasteiger partial charge in [-0.15, -0.1) is 47.0 Å². The third-order valence-corrected chi connectivity index (χ3v) is 24.2. The molecule has 0 heterocycles. The highest BCUT2D eigenvalue weighted by Gasteiger charge is 2.44. The number of Topliss-reactive ketones (excluding diaryl/α,β-unsaturated/α-hetero) is 3. The predicted octanol–water partition coefficient (Wildman–Crippen LogP) is 21.5. The van der Waals surface area contributed by atoms with Crippen molar-refractivity contribution in [1.29, 1.82) is 0 Å². The Labute approximate surface area is 561 Å². The molecule has 5 fully saturated rings. The van der Waals surface area contributed by atoms with Crippen LogP contribution in [0.4, 0.5) is 4.39 Å². The number of thioether (sulfide) groups is 4. The van der Waals surface area contributed by atoms with E-state index in [2.05, 4.69) is 103 Å². The van der Waals surface area contributed by atoms with E-state index in [4.69, 9.17) is 5.73 Å². The number of nitrogens with two attached hydrogens (primary N) is 1. The van der Waals surface area contributed by atoms with E-state index in [1.165, 1.54) is 95.5 Å². The van der Waals surface area contributed by atoms with Gasteiger partial charge in [0, 0.05) is 25.1 Å². The highest BCUT2D eigenvalue weighted by molar-refractivity contribution is 8.02. The van der Waals surface area contributed by atoms with Crippen LogP contribution < -0.4 is 5.73 Å². The summed E-state index contributed by atoms with van der Waals surface area (Å²) in [6.45, 7) is 12.4. The number of carboxylic acids is 1. The maximum absolute atomic E-state index is 13.9. The normalized spacial score (nSPS) is 16.0. The summed E-state index contributed by atoms with van der Waals surface area (Å²) in [6.07, 6.45) is 14.0. The van der Waals surface area contributed by atoms with Crippen LogP contribution in [-0.4, -0.2) is 53.3 Å². The fraction of sp³-hybridized carbons (Fsp3) is 0.338. The first-order valence-corrected chi connectivity index (χ1v) is 35.1. The zero-order valence-electron chi connectivity index (χ0n) is 53.2.